The second-order valence-corrected chi connectivity index (χ2v) is 10.3. The van der Waals surface area contributed by atoms with Crippen molar-refractivity contribution in [1.29, 1.82) is 0 Å². The Morgan fingerprint density at radius 2 is 1.91 bits per heavy atom. The summed E-state index contributed by atoms with van der Waals surface area (Å²) in [4.78, 5) is 14.0. The summed E-state index contributed by atoms with van der Waals surface area (Å²) in [5.74, 6) is 0.386. The maximum atomic E-state index is 12.0. The molecule has 1 aromatic carbocycles. The zero-order chi connectivity index (χ0) is 22.9. The lowest BCUT2D eigenvalue weighted by atomic mass is 9.89. The minimum atomic E-state index is -0.350. The first kappa shape index (κ1) is 24.7. The molecule has 32 heavy (non-hydrogen) atoms. The molecule has 2 aromatic rings. The number of aliphatic hydroxyl groups is 1. The minimum absolute atomic E-state index is 0.0842. The van der Waals surface area contributed by atoms with Crippen LogP contribution in [0.5, 0.6) is 0 Å². The number of aliphatic hydroxyl groups excluding tert-OH is 1. The lowest BCUT2D eigenvalue weighted by molar-refractivity contribution is 0.0384. The fourth-order valence-electron chi connectivity index (χ4n) is 4.48. The molecule has 1 aliphatic carbocycles. The Kier molecular flexibility index (Phi) is 9.55. The van der Waals surface area contributed by atoms with E-state index >= 15 is 0 Å². The van der Waals surface area contributed by atoms with Gasteiger partial charge in [-0.05, 0) is 87.1 Å². The van der Waals surface area contributed by atoms with Crippen LogP contribution in [-0.2, 0) is 11.2 Å². The number of carbonyl (C=O) groups is 1. The summed E-state index contributed by atoms with van der Waals surface area (Å²) in [5.41, 5.74) is 3.79. The van der Waals surface area contributed by atoms with E-state index in [-0.39, 0.29) is 18.2 Å². The van der Waals surface area contributed by atoms with Gasteiger partial charge in [0.25, 0.3) is 0 Å². The van der Waals surface area contributed by atoms with Gasteiger partial charge in [0.1, 0.15) is 4.88 Å². The van der Waals surface area contributed by atoms with Crippen LogP contribution in [-0.4, -0.2) is 17.2 Å². The van der Waals surface area contributed by atoms with E-state index in [1.165, 1.54) is 35.3 Å². The van der Waals surface area contributed by atoms with E-state index in [1.807, 2.05) is 19.9 Å². The molecule has 1 N–H and O–H groups in total. The lowest BCUT2D eigenvalue weighted by Crippen LogP contribution is -2.09. The van der Waals surface area contributed by atoms with E-state index in [4.69, 9.17) is 4.74 Å². The number of hydrogen-bond donors (Lipinski definition) is 1. The van der Waals surface area contributed by atoms with E-state index in [0.717, 1.165) is 44.1 Å². The Bertz CT molecular complexity index is 878. The first-order valence-electron chi connectivity index (χ1n) is 12.3. The molecule has 0 fully saturated rings. The summed E-state index contributed by atoms with van der Waals surface area (Å²) in [6.45, 7) is 5.94. The third-order valence-corrected chi connectivity index (χ3v) is 7.34. The summed E-state index contributed by atoms with van der Waals surface area (Å²) in [6.07, 6.45) is 11.9. The molecule has 174 valence electrons. The summed E-state index contributed by atoms with van der Waals surface area (Å²) < 4.78 is 5.29. The van der Waals surface area contributed by atoms with Crippen molar-refractivity contribution in [3.8, 4) is 0 Å². The van der Waals surface area contributed by atoms with Gasteiger partial charge in [-0.25, -0.2) is 4.79 Å². The van der Waals surface area contributed by atoms with Crippen LogP contribution in [0.15, 0.2) is 42.5 Å². The van der Waals surface area contributed by atoms with Crippen LogP contribution < -0.4 is 0 Å². The maximum absolute atomic E-state index is 12.0. The molecule has 0 aliphatic heterocycles. The monoisotopic (exact) mass is 454 g/mol. The van der Waals surface area contributed by atoms with Crippen LogP contribution >= 0.6 is 11.3 Å². The molecular formula is C28H38O3S. The number of aryl methyl sites for hydroxylation is 1. The van der Waals surface area contributed by atoms with Crippen LogP contribution in [0.1, 0.15) is 104 Å². The van der Waals surface area contributed by atoms with Gasteiger partial charge in [-0.1, -0.05) is 56.5 Å². The first-order valence-corrected chi connectivity index (χ1v) is 13.1. The Labute approximate surface area is 197 Å². The number of rotatable bonds is 12. The third kappa shape index (κ3) is 7.05. The van der Waals surface area contributed by atoms with E-state index in [2.05, 4.69) is 43.3 Å². The van der Waals surface area contributed by atoms with Crippen molar-refractivity contribution >= 4 is 22.9 Å². The highest BCUT2D eigenvalue weighted by Gasteiger charge is 2.21. The highest BCUT2D eigenvalue weighted by atomic mass is 32.1. The lowest BCUT2D eigenvalue weighted by Gasteiger charge is -2.16. The number of thiophene rings is 1. The number of allylic oxidation sites excluding steroid dienone is 2. The summed E-state index contributed by atoms with van der Waals surface area (Å²) in [6, 6.07) is 12.5. The topological polar surface area (TPSA) is 46.5 Å². The van der Waals surface area contributed by atoms with Crippen molar-refractivity contribution in [2.24, 2.45) is 5.92 Å². The Morgan fingerprint density at radius 3 is 2.62 bits per heavy atom. The van der Waals surface area contributed by atoms with Crippen molar-refractivity contribution < 1.29 is 14.6 Å². The Morgan fingerprint density at radius 1 is 1.12 bits per heavy atom. The first-order chi connectivity index (χ1) is 15.5. The predicted octanol–water partition coefficient (Wildman–Crippen LogP) is 7.74. The number of hydrogen-bond acceptors (Lipinski definition) is 4. The van der Waals surface area contributed by atoms with E-state index < -0.39 is 0 Å². The molecule has 1 heterocycles. The van der Waals surface area contributed by atoms with Crippen molar-refractivity contribution in [3.05, 3.63) is 63.4 Å². The average Bonchev–Trinajstić information content (AvgIpc) is 3.43. The van der Waals surface area contributed by atoms with Gasteiger partial charge in [0.2, 0.25) is 0 Å². The van der Waals surface area contributed by atoms with Gasteiger partial charge in [0.05, 0.1) is 12.2 Å². The highest BCUT2D eigenvalue weighted by Crippen LogP contribution is 2.37. The van der Waals surface area contributed by atoms with Gasteiger partial charge in [0.15, 0.2) is 0 Å². The van der Waals surface area contributed by atoms with Crippen LogP contribution in [0, 0.1) is 5.92 Å². The van der Waals surface area contributed by atoms with Crippen molar-refractivity contribution in [1.82, 2.24) is 0 Å². The smallest absolute Gasteiger partial charge is 0.348 e. The number of ether oxygens (including phenoxy) is 1. The molecule has 0 amide bonds. The van der Waals surface area contributed by atoms with Crippen LogP contribution in [0.4, 0.5) is 0 Å². The fraction of sp³-hybridized carbons (Fsp3) is 0.536. The molecule has 2 atom stereocenters. The zero-order valence-corrected chi connectivity index (χ0v) is 20.6. The molecule has 0 saturated heterocycles. The van der Waals surface area contributed by atoms with Crippen LogP contribution in [0.25, 0.3) is 5.57 Å². The van der Waals surface area contributed by atoms with Crippen molar-refractivity contribution in [2.75, 3.05) is 0 Å². The van der Waals surface area contributed by atoms with Gasteiger partial charge in [-0.15, -0.1) is 11.3 Å². The molecule has 3 rings (SSSR count). The molecule has 0 bridgehead atoms. The van der Waals surface area contributed by atoms with Gasteiger partial charge in [0, 0.05) is 4.88 Å². The molecule has 0 radical (unpaired) electrons. The van der Waals surface area contributed by atoms with E-state index in [9.17, 15) is 9.90 Å². The second kappa shape index (κ2) is 12.4. The number of benzene rings is 1. The second-order valence-electron chi connectivity index (χ2n) is 9.18. The van der Waals surface area contributed by atoms with Gasteiger partial charge in [-0.2, -0.15) is 0 Å². The zero-order valence-electron chi connectivity index (χ0n) is 19.8. The van der Waals surface area contributed by atoms with Crippen molar-refractivity contribution in [2.45, 2.75) is 90.8 Å². The number of unbranched alkanes of at least 4 members (excludes halogenated alkanes) is 2. The summed E-state index contributed by atoms with van der Waals surface area (Å²) in [5, 5.41) is 10.4. The van der Waals surface area contributed by atoms with Crippen molar-refractivity contribution in [3.63, 3.8) is 0 Å². The molecule has 1 aromatic heterocycles. The predicted molar refractivity (Wildman–Crippen MR) is 134 cm³/mol. The molecule has 1 aliphatic rings. The maximum Gasteiger partial charge on any atom is 0.348 e. The van der Waals surface area contributed by atoms with Crippen LogP contribution in [0.2, 0.25) is 0 Å². The summed E-state index contributed by atoms with van der Waals surface area (Å²) >= 11 is 1.56. The van der Waals surface area contributed by atoms with Gasteiger partial charge < -0.3 is 9.84 Å². The van der Waals surface area contributed by atoms with Gasteiger partial charge >= 0.3 is 5.97 Å². The molecule has 0 spiro atoms. The minimum Gasteiger partial charge on any atom is -0.459 e. The normalized spacial score (nSPS) is 16.9. The molecular weight excluding hydrogens is 416 g/mol. The molecule has 3 nitrogen and oxygen atoms in total. The Balaban J connectivity index is 1.50. The number of esters is 1. The molecule has 1 unspecified atom stereocenters. The van der Waals surface area contributed by atoms with Crippen LogP contribution in [0.3, 0.4) is 0 Å². The Hall–Kier alpha value is -1.91. The SMILES string of the molecule is CCCCCC(O)c1ccc(C2=CCC[C@@H]2CCCc2ccc(C(=O)OC(C)C)s2)cc1. The quantitative estimate of drug-likeness (QED) is 0.263. The average molecular weight is 455 g/mol. The highest BCUT2D eigenvalue weighted by molar-refractivity contribution is 7.13. The fourth-order valence-corrected chi connectivity index (χ4v) is 5.42. The largest absolute Gasteiger partial charge is 0.459 e. The summed E-state index contributed by atoms with van der Waals surface area (Å²) in [7, 11) is 0. The third-order valence-electron chi connectivity index (χ3n) is 6.21. The van der Waals surface area contributed by atoms with E-state index in [1.54, 1.807) is 11.3 Å². The molecule has 4 heteroatoms. The number of carbonyl (C=O) groups excluding carboxylic acids is 1. The molecule has 0 saturated carbocycles. The van der Waals surface area contributed by atoms with Gasteiger partial charge in [-0.3, -0.25) is 0 Å². The van der Waals surface area contributed by atoms with E-state index in [0.29, 0.717) is 10.8 Å². The standard InChI is InChI=1S/C28H38O3S/c1-4-5-6-13-26(29)23-16-14-22(15-17-23)25-12-8-10-21(25)9-7-11-24-18-19-27(32-24)28(30)31-20(2)3/h12,14-21,26,29H,4-11,13H2,1-3H3/t21-,26?/m0/s1.